The van der Waals surface area contributed by atoms with Gasteiger partial charge in [-0.3, -0.25) is 0 Å². The topological polar surface area (TPSA) is 18.5 Å². The van der Waals surface area contributed by atoms with E-state index in [1.54, 1.807) is 5.57 Å². The van der Waals surface area contributed by atoms with Crippen LogP contribution in [-0.2, 0) is 9.47 Å². The highest BCUT2D eigenvalue weighted by atomic mass is 16.7. The molecule has 0 N–H and O–H groups in total. The SMILES string of the molecule is CC1(C)COC2(CCC(=C3C[C@@H]4[C@H](C3)[C@H]3C=C[C@@H]4C3)CC2)OC1. The number of hydrogen-bond donors (Lipinski definition) is 0. The van der Waals surface area contributed by atoms with E-state index in [1.165, 1.54) is 32.1 Å². The third-order valence-corrected chi connectivity index (χ3v) is 7.33. The summed E-state index contributed by atoms with van der Waals surface area (Å²) in [5.41, 5.74) is 3.77. The van der Waals surface area contributed by atoms with Crippen LogP contribution in [0.3, 0.4) is 0 Å². The van der Waals surface area contributed by atoms with Crippen LogP contribution in [0.2, 0.25) is 0 Å². The van der Waals surface area contributed by atoms with Gasteiger partial charge in [-0.2, -0.15) is 0 Å². The predicted molar refractivity (Wildman–Crippen MR) is 90.9 cm³/mol. The van der Waals surface area contributed by atoms with Crippen molar-refractivity contribution in [3.05, 3.63) is 23.3 Å². The lowest BCUT2D eigenvalue weighted by molar-refractivity contribution is -0.307. The number of ether oxygens (including phenoxy) is 2. The van der Waals surface area contributed by atoms with Gasteiger partial charge in [-0.15, -0.1) is 0 Å². The predicted octanol–water partition coefficient (Wildman–Crippen LogP) is 4.86. The standard InChI is InChI=1S/C21H30O2/c1-20(2)12-22-21(23-13-20)7-5-14(6-8-21)17-10-18-15-3-4-16(9-15)19(18)11-17/h3-4,15-16,18-19H,5-13H2,1-2H3/t15-,16+,18+,19-. The molecule has 0 aromatic carbocycles. The average Bonchev–Trinajstić information content (AvgIpc) is 3.23. The normalized spacial score (nSPS) is 43.4. The van der Waals surface area contributed by atoms with Crippen molar-refractivity contribution < 1.29 is 9.47 Å². The van der Waals surface area contributed by atoms with Crippen molar-refractivity contribution in [3.63, 3.8) is 0 Å². The lowest BCUT2D eigenvalue weighted by Crippen LogP contribution is -2.48. The van der Waals surface area contributed by atoms with E-state index in [9.17, 15) is 0 Å². The van der Waals surface area contributed by atoms with E-state index in [0.29, 0.717) is 0 Å². The zero-order valence-corrected chi connectivity index (χ0v) is 14.6. The molecule has 2 bridgehead atoms. The first-order chi connectivity index (χ1) is 11.0. The van der Waals surface area contributed by atoms with Crippen LogP contribution in [0.4, 0.5) is 0 Å². The second kappa shape index (κ2) is 4.95. The fourth-order valence-corrected chi connectivity index (χ4v) is 5.89. The monoisotopic (exact) mass is 314 g/mol. The van der Waals surface area contributed by atoms with E-state index in [1.807, 2.05) is 5.57 Å². The molecule has 1 saturated heterocycles. The third-order valence-electron chi connectivity index (χ3n) is 7.33. The van der Waals surface area contributed by atoms with Crippen LogP contribution >= 0.6 is 0 Å². The van der Waals surface area contributed by atoms with Crippen molar-refractivity contribution in [2.75, 3.05) is 13.2 Å². The Labute approximate surface area is 140 Å². The van der Waals surface area contributed by atoms with Gasteiger partial charge in [0.05, 0.1) is 13.2 Å². The molecule has 0 radical (unpaired) electrons. The smallest absolute Gasteiger partial charge is 0.168 e. The van der Waals surface area contributed by atoms with Crippen molar-refractivity contribution in [1.29, 1.82) is 0 Å². The van der Waals surface area contributed by atoms with E-state index < -0.39 is 0 Å². The van der Waals surface area contributed by atoms with Gasteiger partial charge in [-0.05, 0) is 55.8 Å². The number of hydrogen-bond acceptors (Lipinski definition) is 2. The first-order valence-corrected chi connectivity index (χ1v) is 9.70. The Hall–Kier alpha value is -0.600. The van der Waals surface area contributed by atoms with Crippen LogP contribution in [0.25, 0.3) is 0 Å². The van der Waals surface area contributed by atoms with Gasteiger partial charge in [-0.1, -0.05) is 37.1 Å². The second-order valence-electron chi connectivity index (χ2n) is 9.54. The molecule has 2 heteroatoms. The van der Waals surface area contributed by atoms with Gasteiger partial charge < -0.3 is 9.47 Å². The quantitative estimate of drug-likeness (QED) is 0.595. The Morgan fingerprint density at radius 1 is 0.870 bits per heavy atom. The molecule has 4 atom stereocenters. The lowest BCUT2D eigenvalue weighted by atomic mass is 9.84. The Kier molecular flexibility index (Phi) is 3.17. The van der Waals surface area contributed by atoms with Crippen LogP contribution < -0.4 is 0 Å². The first kappa shape index (κ1) is 14.7. The van der Waals surface area contributed by atoms with Crippen LogP contribution in [0.15, 0.2) is 23.3 Å². The Morgan fingerprint density at radius 2 is 1.43 bits per heavy atom. The van der Waals surface area contributed by atoms with Gasteiger partial charge in [0.2, 0.25) is 0 Å². The van der Waals surface area contributed by atoms with Gasteiger partial charge in [0, 0.05) is 18.3 Å². The highest BCUT2D eigenvalue weighted by Crippen LogP contribution is 2.58. The minimum Gasteiger partial charge on any atom is -0.349 e. The average molecular weight is 314 g/mol. The molecule has 0 aromatic heterocycles. The summed E-state index contributed by atoms with van der Waals surface area (Å²) < 4.78 is 12.4. The molecule has 23 heavy (non-hydrogen) atoms. The summed E-state index contributed by atoms with van der Waals surface area (Å²) in [6.07, 6.45) is 13.8. The summed E-state index contributed by atoms with van der Waals surface area (Å²) in [7, 11) is 0. The van der Waals surface area contributed by atoms with Crippen molar-refractivity contribution in [3.8, 4) is 0 Å². The highest BCUT2D eigenvalue weighted by molar-refractivity contribution is 5.28. The Balaban J connectivity index is 1.26. The molecule has 1 aliphatic heterocycles. The van der Waals surface area contributed by atoms with Crippen molar-refractivity contribution in [2.45, 2.75) is 64.6 Å². The molecular formula is C21H30O2. The highest BCUT2D eigenvalue weighted by Gasteiger charge is 2.49. The zero-order valence-electron chi connectivity index (χ0n) is 14.6. The first-order valence-electron chi connectivity index (χ1n) is 9.70. The van der Waals surface area contributed by atoms with E-state index in [4.69, 9.17) is 9.47 Å². The molecule has 4 aliphatic carbocycles. The molecular weight excluding hydrogens is 284 g/mol. The van der Waals surface area contributed by atoms with Gasteiger partial charge in [0.25, 0.3) is 0 Å². The van der Waals surface area contributed by atoms with Crippen molar-refractivity contribution in [1.82, 2.24) is 0 Å². The maximum atomic E-state index is 6.20. The number of fused-ring (bicyclic) bond motifs is 5. The van der Waals surface area contributed by atoms with Crippen molar-refractivity contribution >= 4 is 0 Å². The van der Waals surface area contributed by atoms with Crippen LogP contribution in [0.1, 0.15) is 58.8 Å². The molecule has 0 aromatic rings. The summed E-state index contributed by atoms with van der Waals surface area (Å²) in [6.45, 7) is 6.15. The third kappa shape index (κ3) is 2.36. The summed E-state index contributed by atoms with van der Waals surface area (Å²) in [4.78, 5) is 0. The molecule has 0 amide bonds. The molecule has 126 valence electrons. The van der Waals surface area contributed by atoms with Gasteiger partial charge in [0.1, 0.15) is 0 Å². The Morgan fingerprint density at radius 3 is 2.00 bits per heavy atom. The minimum absolute atomic E-state index is 0.180. The van der Waals surface area contributed by atoms with E-state index in [-0.39, 0.29) is 11.2 Å². The van der Waals surface area contributed by atoms with Gasteiger partial charge in [-0.25, -0.2) is 0 Å². The molecule has 5 aliphatic rings. The van der Waals surface area contributed by atoms with Gasteiger partial charge in [0.15, 0.2) is 5.79 Å². The van der Waals surface area contributed by atoms with Crippen LogP contribution in [0.5, 0.6) is 0 Å². The lowest BCUT2D eigenvalue weighted by Gasteiger charge is -2.46. The Bertz CT molecular complexity index is 526. The van der Waals surface area contributed by atoms with E-state index in [0.717, 1.165) is 49.7 Å². The molecule has 0 unspecified atom stereocenters. The fraction of sp³-hybridized carbons (Fsp3) is 0.810. The van der Waals surface area contributed by atoms with Gasteiger partial charge >= 0.3 is 0 Å². The van der Waals surface area contributed by atoms with E-state index >= 15 is 0 Å². The number of rotatable bonds is 0. The largest absolute Gasteiger partial charge is 0.349 e. The molecule has 1 spiro atoms. The van der Waals surface area contributed by atoms with E-state index in [2.05, 4.69) is 26.0 Å². The minimum atomic E-state index is -0.255. The summed E-state index contributed by atoms with van der Waals surface area (Å²) in [6, 6.07) is 0. The van der Waals surface area contributed by atoms with Crippen LogP contribution in [0, 0.1) is 29.1 Å². The molecule has 4 fully saturated rings. The molecule has 3 saturated carbocycles. The maximum absolute atomic E-state index is 6.20. The maximum Gasteiger partial charge on any atom is 0.168 e. The number of allylic oxidation sites excluding steroid dienone is 4. The molecule has 5 rings (SSSR count). The van der Waals surface area contributed by atoms with Crippen LogP contribution in [-0.4, -0.2) is 19.0 Å². The molecule has 2 nitrogen and oxygen atoms in total. The van der Waals surface area contributed by atoms with Crippen molar-refractivity contribution in [2.24, 2.45) is 29.1 Å². The summed E-state index contributed by atoms with van der Waals surface area (Å²) in [5, 5.41) is 0. The summed E-state index contributed by atoms with van der Waals surface area (Å²) in [5.74, 6) is 3.52. The fourth-order valence-electron chi connectivity index (χ4n) is 5.89. The molecule has 1 heterocycles. The second-order valence-corrected chi connectivity index (χ2v) is 9.54. The summed E-state index contributed by atoms with van der Waals surface area (Å²) >= 11 is 0. The zero-order chi connectivity index (χ0) is 15.7.